The van der Waals surface area contributed by atoms with Gasteiger partial charge in [0.2, 0.25) is 24.2 Å². The molecule has 2 aromatic heterocycles. The van der Waals surface area contributed by atoms with Gasteiger partial charge in [0, 0.05) is 23.5 Å². The molecule has 22 heteroatoms. The second-order valence-corrected chi connectivity index (χ2v) is 15.9. The van der Waals surface area contributed by atoms with Gasteiger partial charge >= 0.3 is 12.1 Å². The van der Waals surface area contributed by atoms with E-state index in [0.29, 0.717) is 17.8 Å². The summed E-state index contributed by atoms with van der Waals surface area (Å²) < 4.78 is 10.1. The lowest BCUT2D eigenvalue weighted by molar-refractivity contribution is -0.143. The number of nitrogens with two attached hydrogens (primary N) is 2. The van der Waals surface area contributed by atoms with Crippen molar-refractivity contribution in [3.63, 3.8) is 0 Å². The fourth-order valence-corrected chi connectivity index (χ4v) is 6.10. The zero-order valence-corrected chi connectivity index (χ0v) is 36.5. The van der Waals surface area contributed by atoms with Gasteiger partial charge in [-0.25, -0.2) is 19.6 Å². The van der Waals surface area contributed by atoms with E-state index in [2.05, 4.69) is 46.5 Å². The molecule has 2 aromatic carbocycles. The Hall–Kier alpha value is -7.16. The first kappa shape index (κ1) is 48.5. The van der Waals surface area contributed by atoms with Gasteiger partial charge in [0.05, 0.1) is 36.1 Å². The number of nitrogens with one attached hydrogen (secondary N) is 5. The molecule has 9 N–H and O–H groups in total. The molecule has 4 rings (SSSR count). The molecular formula is C41H51ClN12O9. The number of halogens is 1. The molecule has 4 aromatic rings. The Morgan fingerprint density at radius 3 is 2.22 bits per heavy atom. The van der Waals surface area contributed by atoms with Crippen LogP contribution in [-0.4, -0.2) is 99.4 Å². The Labute approximate surface area is 367 Å². The number of alkyl carbamates (subject to hydrolysis) is 1. The Balaban J connectivity index is 1.27. The third-order valence-electron chi connectivity index (χ3n) is 9.02. The van der Waals surface area contributed by atoms with E-state index in [-0.39, 0.29) is 76.6 Å². The van der Waals surface area contributed by atoms with Crippen LogP contribution >= 0.6 is 11.6 Å². The fraction of sp³-hybridized carbons (Fsp3) is 0.390. The maximum absolute atomic E-state index is 13.2. The van der Waals surface area contributed by atoms with Crippen LogP contribution in [0.5, 0.6) is 0 Å². The highest BCUT2D eigenvalue weighted by Crippen LogP contribution is 2.22. The molecule has 336 valence electrons. The van der Waals surface area contributed by atoms with E-state index in [9.17, 15) is 33.6 Å². The molecule has 2 heterocycles. The maximum Gasteiger partial charge on any atom is 0.408 e. The first-order chi connectivity index (χ1) is 29.7. The van der Waals surface area contributed by atoms with Gasteiger partial charge in [0.25, 0.3) is 11.8 Å². The van der Waals surface area contributed by atoms with E-state index < -0.39 is 59.4 Å². The lowest BCUT2D eigenvalue weighted by Gasteiger charge is -2.26. The van der Waals surface area contributed by atoms with E-state index in [4.69, 9.17) is 32.5 Å². The summed E-state index contributed by atoms with van der Waals surface area (Å²) in [5, 5.41) is 13.1. The number of carbonyl (C=O) groups excluding carboxylic acids is 7. The average molecular weight is 891 g/mol. The predicted octanol–water partition coefficient (Wildman–Crippen LogP) is 2.87. The van der Waals surface area contributed by atoms with Crippen LogP contribution in [-0.2, 0) is 35.2 Å². The Morgan fingerprint density at radius 1 is 0.905 bits per heavy atom. The SMILES string of the molecule is COC(=O)[C@H](CCCNC(=O)c1ccc(NC(=O)[C@H](C)NC(=O)[C@@H](NC(=O)OC(C)(C)C)C(C)C)cc1Cl)NC(=O)c1ccc(N(C=O)Cc2cnc3nc(N)nc(N)c3n2)cc1. The number of methoxy groups -OCH3 is 1. The number of benzene rings is 2. The number of rotatable bonds is 18. The zero-order chi connectivity index (χ0) is 46.6. The summed E-state index contributed by atoms with van der Waals surface area (Å²) >= 11 is 6.40. The minimum atomic E-state index is -1.06. The normalized spacial score (nSPS) is 12.6. The van der Waals surface area contributed by atoms with Gasteiger partial charge in [-0.15, -0.1) is 0 Å². The highest BCUT2D eigenvalue weighted by atomic mass is 35.5. The maximum atomic E-state index is 13.2. The lowest BCUT2D eigenvalue weighted by atomic mass is 10.0. The molecule has 0 unspecified atom stereocenters. The van der Waals surface area contributed by atoms with Gasteiger partial charge in [-0.3, -0.25) is 24.0 Å². The van der Waals surface area contributed by atoms with E-state index >= 15 is 0 Å². The second kappa shape index (κ2) is 21.6. The molecule has 21 nitrogen and oxygen atoms in total. The number of esters is 1. The van der Waals surface area contributed by atoms with Gasteiger partial charge in [-0.1, -0.05) is 25.4 Å². The quantitative estimate of drug-likeness (QED) is 0.0429. The first-order valence-electron chi connectivity index (χ1n) is 19.6. The molecule has 63 heavy (non-hydrogen) atoms. The van der Waals surface area contributed by atoms with Gasteiger partial charge in [-0.05, 0) is 88.9 Å². The largest absolute Gasteiger partial charge is 0.467 e. The average Bonchev–Trinajstić information content (AvgIpc) is 3.21. The van der Waals surface area contributed by atoms with E-state index in [1.165, 1.54) is 55.5 Å². The summed E-state index contributed by atoms with van der Waals surface area (Å²) in [5.41, 5.74) is 12.6. The van der Waals surface area contributed by atoms with Gasteiger partial charge in [0.15, 0.2) is 17.0 Å². The molecule has 0 saturated carbocycles. The number of hydrogen-bond donors (Lipinski definition) is 7. The van der Waals surface area contributed by atoms with Crippen molar-refractivity contribution in [2.45, 2.75) is 84.7 Å². The Bertz CT molecular complexity index is 2340. The van der Waals surface area contributed by atoms with Crippen LogP contribution in [0.1, 0.15) is 80.8 Å². The molecule has 0 bridgehead atoms. The summed E-state index contributed by atoms with van der Waals surface area (Å²) in [4.78, 5) is 107. The Kier molecular flexibility index (Phi) is 16.6. The number of hydrogen-bond acceptors (Lipinski definition) is 15. The molecule has 0 aliphatic heterocycles. The molecule has 3 atom stereocenters. The van der Waals surface area contributed by atoms with Crippen molar-refractivity contribution in [2.75, 3.05) is 35.3 Å². The number of fused-ring (bicyclic) bond motifs is 1. The highest BCUT2D eigenvalue weighted by Gasteiger charge is 2.29. The summed E-state index contributed by atoms with van der Waals surface area (Å²) in [5.74, 6) is -3.30. The van der Waals surface area contributed by atoms with Crippen molar-refractivity contribution in [1.29, 1.82) is 0 Å². The van der Waals surface area contributed by atoms with Crippen LogP contribution in [0.2, 0.25) is 5.02 Å². The van der Waals surface area contributed by atoms with Crippen LogP contribution in [0.25, 0.3) is 11.2 Å². The molecule has 0 spiro atoms. The monoisotopic (exact) mass is 890 g/mol. The van der Waals surface area contributed by atoms with Gasteiger partial charge < -0.3 is 52.4 Å². The van der Waals surface area contributed by atoms with Crippen LogP contribution in [0.3, 0.4) is 0 Å². The van der Waals surface area contributed by atoms with Crippen molar-refractivity contribution in [2.24, 2.45) is 5.92 Å². The second-order valence-electron chi connectivity index (χ2n) is 15.5. The number of nitrogens with zero attached hydrogens (tertiary/aromatic N) is 5. The number of ether oxygens (including phenoxy) is 2. The summed E-state index contributed by atoms with van der Waals surface area (Å²) in [7, 11) is 1.18. The van der Waals surface area contributed by atoms with Crippen LogP contribution in [0.15, 0.2) is 48.7 Å². The minimum absolute atomic E-state index is 0.0131. The smallest absolute Gasteiger partial charge is 0.408 e. The van der Waals surface area contributed by atoms with Gasteiger partial charge in [0.1, 0.15) is 23.7 Å². The van der Waals surface area contributed by atoms with Crippen molar-refractivity contribution < 1.29 is 43.0 Å². The first-order valence-corrected chi connectivity index (χ1v) is 20.0. The van der Waals surface area contributed by atoms with Crippen molar-refractivity contribution in [3.8, 4) is 0 Å². The van der Waals surface area contributed by atoms with Crippen molar-refractivity contribution in [3.05, 3.63) is 70.5 Å². The molecular weight excluding hydrogens is 840 g/mol. The summed E-state index contributed by atoms with van der Waals surface area (Å²) in [6.07, 6.45) is 1.60. The van der Waals surface area contributed by atoms with Crippen LogP contribution in [0, 0.1) is 5.92 Å². The van der Waals surface area contributed by atoms with Gasteiger partial charge in [-0.2, -0.15) is 9.97 Å². The highest BCUT2D eigenvalue weighted by molar-refractivity contribution is 6.34. The fourth-order valence-electron chi connectivity index (χ4n) is 5.83. The number of carbonyl (C=O) groups is 7. The predicted molar refractivity (Wildman–Crippen MR) is 233 cm³/mol. The molecule has 6 amide bonds. The molecule has 0 aliphatic rings. The number of aromatic nitrogens is 4. The third-order valence-corrected chi connectivity index (χ3v) is 9.34. The van der Waals surface area contributed by atoms with E-state index in [0.717, 1.165) is 0 Å². The van der Waals surface area contributed by atoms with Crippen LogP contribution < -0.4 is 43.0 Å². The van der Waals surface area contributed by atoms with Crippen LogP contribution in [0.4, 0.5) is 27.9 Å². The topological polar surface area (TPSA) is 305 Å². The lowest BCUT2D eigenvalue weighted by Crippen LogP contribution is -2.54. The zero-order valence-electron chi connectivity index (χ0n) is 35.8. The Morgan fingerprint density at radius 2 is 1.60 bits per heavy atom. The summed E-state index contributed by atoms with van der Waals surface area (Å²) in [6.45, 7) is 10.1. The molecule has 0 saturated heterocycles. The van der Waals surface area contributed by atoms with Crippen molar-refractivity contribution in [1.82, 2.24) is 41.2 Å². The number of anilines is 4. The molecule has 0 aliphatic carbocycles. The van der Waals surface area contributed by atoms with Crippen molar-refractivity contribution >= 4 is 88.0 Å². The standard InChI is InChI=1S/C41H51ClN12O9/c1-21(2)30(51-40(61)63-41(4,5)6)37(59)47-22(3)34(56)49-24-12-15-27(28(42)17-24)36(58)45-16-8-9-29(38(60)62-7)50-35(57)23-10-13-26(14-11-23)54(20-55)19-25-18-46-33-31(48-25)32(43)52-39(44)53-33/h10-15,17-18,20-22,29-30H,8-9,16,19H2,1-7H3,(H,45,58)(H,47,59)(H,49,56)(H,50,57)(H,51,61)(H4,43,44,46,52,53)/t22-,29-,30-/m0/s1. The summed E-state index contributed by atoms with van der Waals surface area (Å²) in [6, 6.07) is 7.26. The van der Waals surface area contributed by atoms with E-state index in [1.807, 2.05) is 0 Å². The number of nitrogen functional groups attached to an aromatic ring is 2. The molecule has 0 fully saturated rings. The molecule has 0 radical (unpaired) electrons. The minimum Gasteiger partial charge on any atom is -0.467 e. The third kappa shape index (κ3) is 13.9. The number of amides is 6. The van der Waals surface area contributed by atoms with E-state index in [1.54, 1.807) is 46.8 Å².